The van der Waals surface area contributed by atoms with Gasteiger partial charge in [-0.05, 0) is 26.2 Å². The van der Waals surface area contributed by atoms with Crippen LogP contribution in [0.2, 0.25) is 0 Å². The smallest absolute Gasteiger partial charge is 0.231 e. The van der Waals surface area contributed by atoms with Gasteiger partial charge in [-0.2, -0.15) is 10.4 Å². The Bertz CT molecular complexity index is 532. The van der Waals surface area contributed by atoms with Gasteiger partial charge in [-0.1, -0.05) is 6.92 Å². The molecule has 1 saturated heterocycles. The van der Waals surface area contributed by atoms with Gasteiger partial charge in [-0.25, -0.2) is 0 Å². The topological polar surface area (TPSA) is 79.9 Å². The molecule has 0 bridgehead atoms. The summed E-state index contributed by atoms with van der Waals surface area (Å²) in [6.07, 6.45) is 3.03. The highest BCUT2D eigenvalue weighted by molar-refractivity contribution is 5.92. The van der Waals surface area contributed by atoms with Crippen LogP contribution in [0.15, 0.2) is 6.07 Å². The first-order chi connectivity index (χ1) is 10.2. The zero-order valence-electron chi connectivity index (χ0n) is 12.6. The van der Waals surface area contributed by atoms with Crippen LogP contribution < -0.4 is 5.32 Å². The van der Waals surface area contributed by atoms with Crippen molar-refractivity contribution in [3.63, 3.8) is 0 Å². The number of rotatable bonds is 5. The van der Waals surface area contributed by atoms with Crippen LogP contribution in [0.1, 0.15) is 38.3 Å². The number of aryl methyl sites for hydroxylation is 2. The Morgan fingerprint density at radius 3 is 3.19 bits per heavy atom. The number of hydrogen-bond donors (Lipinski definition) is 1. The number of ether oxygens (including phenoxy) is 1. The van der Waals surface area contributed by atoms with E-state index in [0.717, 1.165) is 31.6 Å². The minimum absolute atomic E-state index is 0.000483. The summed E-state index contributed by atoms with van der Waals surface area (Å²) in [5, 5.41) is 15.8. The number of nitrogens with zero attached hydrogens (tertiary/aromatic N) is 3. The number of amides is 1. The average Bonchev–Trinajstić information content (AvgIpc) is 2.84. The van der Waals surface area contributed by atoms with E-state index < -0.39 is 0 Å². The molecule has 0 spiro atoms. The molecule has 0 saturated carbocycles. The van der Waals surface area contributed by atoms with E-state index in [9.17, 15) is 4.79 Å². The molecule has 1 fully saturated rings. The fraction of sp³-hybridized carbons (Fsp3) is 0.667. The maximum Gasteiger partial charge on any atom is 0.231 e. The third-order valence-electron chi connectivity index (χ3n) is 3.85. The quantitative estimate of drug-likeness (QED) is 0.902. The summed E-state index contributed by atoms with van der Waals surface area (Å²) in [7, 11) is 0. The molecule has 0 radical (unpaired) electrons. The molecule has 0 unspecified atom stereocenters. The van der Waals surface area contributed by atoms with Crippen molar-refractivity contribution >= 4 is 11.7 Å². The molecule has 0 aromatic carbocycles. The highest BCUT2D eigenvalue weighted by Crippen LogP contribution is 2.24. The minimum atomic E-state index is -0.103. The first-order valence-corrected chi connectivity index (χ1v) is 7.49. The van der Waals surface area contributed by atoms with Gasteiger partial charge in [-0.15, -0.1) is 0 Å². The second-order valence-electron chi connectivity index (χ2n) is 5.36. The van der Waals surface area contributed by atoms with Gasteiger partial charge in [-0.3, -0.25) is 9.48 Å². The van der Waals surface area contributed by atoms with Gasteiger partial charge >= 0.3 is 0 Å². The first kappa shape index (κ1) is 15.5. The summed E-state index contributed by atoms with van der Waals surface area (Å²) in [5.41, 5.74) is 0.937. The molecule has 6 nitrogen and oxygen atoms in total. The van der Waals surface area contributed by atoms with Crippen LogP contribution in [0.3, 0.4) is 0 Å². The van der Waals surface area contributed by atoms with Crippen LogP contribution in [-0.4, -0.2) is 28.4 Å². The molecule has 6 heteroatoms. The number of nitrogens with one attached hydrogen (secondary N) is 1. The predicted octanol–water partition coefficient (Wildman–Crippen LogP) is 2.25. The Kier molecular flexibility index (Phi) is 5.34. The van der Waals surface area contributed by atoms with Crippen LogP contribution in [-0.2, 0) is 16.1 Å². The molecule has 2 rings (SSSR count). The minimum Gasteiger partial charge on any atom is -0.377 e. The second-order valence-corrected chi connectivity index (χ2v) is 5.36. The summed E-state index contributed by atoms with van der Waals surface area (Å²) >= 11 is 0. The van der Waals surface area contributed by atoms with Crippen LogP contribution >= 0.6 is 0 Å². The van der Waals surface area contributed by atoms with Crippen molar-refractivity contribution < 1.29 is 9.53 Å². The number of hydrogen-bond acceptors (Lipinski definition) is 4. The largest absolute Gasteiger partial charge is 0.377 e. The van der Waals surface area contributed by atoms with E-state index >= 15 is 0 Å². The van der Waals surface area contributed by atoms with Gasteiger partial charge in [0, 0.05) is 18.4 Å². The molecule has 2 atom stereocenters. The molecule has 1 aromatic rings. The lowest BCUT2D eigenvalue weighted by Gasteiger charge is -2.29. The summed E-state index contributed by atoms with van der Waals surface area (Å²) in [5.74, 6) is 0.427. The Hall–Kier alpha value is -1.87. The van der Waals surface area contributed by atoms with Crippen LogP contribution in [0, 0.1) is 24.2 Å². The number of nitriles is 1. The molecule has 1 aliphatic heterocycles. The van der Waals surface area contributed by atoms with E-state index in [1.54, 1.807) is 4.68 Å². The molecule has 114 valence electrons. The Morgan fingerprint density at radius 2 is 2.48 bits per heavy atom. The van der Waals surface area contributed by atoms with E-state index in [1.165, 1.54) is 0 Å². The third kappa shape index (κ3) is 3.82. The normalized spacial score (nSPS) is 21.8. The van der Waals surface area contributed by atoms with Crippen molar-refractivity contribution in [3.05, 3.63) is 11.8 Å². The van der Waals surface area contributed by atoms with Crippen molar-refractivity contribution in [1.82, 2.24) is 9.78 Å². The number of aromatic nitrogens is 2. The SMILES string of the molecule is CC[C@@H]1OCCC[C@H]1C(=O)Nc1cc(C)n(CCC#N)n1. The molecule has 0 aliphatic carbocycles. The van der Waals surface area contributed by atoms with Crippen molar-refractivity contribution in [2.45, 2.75) is 52.2 Å². The Balaban J connectivity index is 2.00. The van der Waals surface area contributed by atoms with Crippen molar-refractivity contribution in [2.75, 3.05) is 11.9 Å². The van der Waals surface area contributed by atoms with E-state index in [1.807, 2.05) is 19.9 Å². The van der Waals surface area contributed by atoms with Gasteiger partial charge in [0.25, 0.3) is 0 Å². The Labute approximate surface area is 125 Å². The monoisotopic (exact) mass is 290 g/mol. The lowest BCUT2D eigenvalue weighted by atomic mass is 9.92. The average molecular weight is 290 g/mol. The van der Waals surface area contributed by atoms with Crippen LogP contribution in [0.4, 0.5) is 5.82 Å². The molecular formula is C15H22N4O2. The molecule has 1 aliphatic rings. The summed E-state index contributed by atoms with van der Waals surface area (Å²) in [6, 6.07) is 3.93. The third-order valence-corrected chi connectivity index (χ3v) is 3.85. The van der Waals surface area contributed by atoms with E-state index in [4.69, 9.17) is 10.00 Å². The van der Waals surface area contributed by atoms with E-state index in [-0.39, 0.29) is 17.9 Å². The lowest BCUT2D eigenvalue weighted by molar-refractivity contribution is -0.129. The molecule has 1 aromatic heterocycles. The molecule has 21 heavy (non-hydrogen) atoms. The maximum absolute atomic E-state index is 12.4. The van der Waals surface area contributed by atoms with Gasteiger partial charge in [0.15, 0.2) is 5.82 Å². The summed E-state index contributed by atoms with van der Waals surface area (Å²) in [6.45, 7) is 5.24. The Morgan fingerprint density at radius 1 is 1.67 bits per heavy atom. The predicted molar refractivity (Wildman–Crippen MR) is 78.6 cm³/mol. The highest BCUT2D eigenvalue weighted by atomic mass is 16.5. The van der Waals surface area contributed by atoms with Crippen molar-refractivity contribution in [2.24, 2.45) is 5.92 Å². The lowest BCUT2D eigenvalue weighted by Crippen LogP contribution is -2.37. The zero-order chi connectivity index (χ0) is 15.2. The standard InChI is InChI=1S/C15H22N4O2/c1-3-13-12(6-4-9-21-13)15(20)17-14-10-11(2)19(18-14)8-5-7-16/h10,12-13H,3-6,8-9H2,1-2H3,(H,17,18,20)/t12-,13+/m1/s1. The molecular weight excluding hydrogens is 268 g/mol. The molecule has 1 N–H and O–H groups in total. The van der Waals surface area contributed by atoms with Crippen molar-refractivity contribution in [1.29, 1.82) is 5.26 Å². The van der Waals surface area contributed by atoms with Gasteiger partial charge in [0.2, 0.25) is 5.91 Å². The molecule has 2 heterocycles. The maximum atomic E-state index is 12.4. The zero-order valence-corrected chi connectivity index (χ0v) is 12.6. The number of carbonyl (C=O) groups is 1. The summed E-state index contributed by atoms with van der Waals surface area (Å²) < 4.78 is 7.40. The molecule has 1 amide bonds. The number of carbonyl (C=O) groups excluding carboxylic acids is 1. The van der Waals surface area contributed by atoms with Crippen LogP contribution in [0.5, 0.6) is 0 Å². The second kappa shape index (κ2) is 7.23. The van der Waals surface area contributed by atoms with E-state index in [0.29, 0.717) is 18.8 Å². The fourth-order valence-electron chi connectivity index (χ4n) is 2.71. The first-order valence-electron chi connectivity index (χ1n) is 7.49. The van der Waals surface area contributed by atoms with Crippen LogP contribution in [0.25, 0.3) is 0 Å². The van der Waals surface area contributed by atoms with Gasteiger partial charge < -0.3 is 10.1 Å². The summed E-state index contributed by atoms with van der Waals surface area (Å²) in [4.78, 5) is 12.4. The van der Waals surface area contributed by atoms with Gasteiger partial charge in [0.1, 0.15) is 0 Å². The fourth-order valence-corrected chi connectivity index (χ4v) is 2.71. The van der Waals surface area contributed by atoms with Crippen molar-refractivity contribution in [3.8, 4) is 6.07 Å². The van der Waals surface area contributed by atoms with E-state index in [2.05, 4.69) is 16.5 Å². The number of anilines is 1. The van der Waals surface area contributed by atoms with Gasteiger partial charge in [0.05, 0.1) is 31.1 Å². The highest BCUT2D eigenvalue weighted by Gasteiger charge is 2.31.